The fourth-order valence-electron chi connectivity index (χ4n) is 2.37. The van der Waals surface area contributed by atoms with Gasteiger partial charge in [-0.25, -0.2) is 0 Å². The summed E-state index contributed by atoms with van der Waals surface area (Å²) in [7, 11) is 0. The molecule has 2 aromatic rings. The number of anilines is 1. The largest absolute Gasteiger partial charge is 0.493 e. The monoisotopic (exact) mass is 357 g/mol. The number of benzene rings is 1. The van der Waals surface area contributed by atoms with Crippen LogP contribution in [0.2, 0.25) is 0 Å². The molecule has 3 N–H and O–H groups in total. The van der Waals surface area contributed by atoms with Crippen LogP contribution in [0, 0.1) is 0 Å². The average molecular weight is 357 g/mol. The van der Waals surface area contributed by atoms with Gasteiger partial charge in [-0.05, 0) is 24.6 Å². The second-order valence-corrected chi connectivity index (χ2v) is 5.75. The van der Waals surface area contributed by atoms with Crippen molar-refractivity contribution >= 4 is 29.9 Å². The van der Waals surface area contributed by atoms with Gasteiger partial charge in [0.25, 0.3) is 11.5 Å². The van der Waals surface area contributed by atoms with Crippen LogP contribution in [-0.2, 0) is 5.75 Å². The topological polar surface area (TPSA) is 120 Å². The lowest BCUT2D eigenvalue weighted by molar-refractivity contribution is 0.102. The van der Waals surface area contributed by atoms with Gasteiger partial charge in [-0.2, -0.15) is 27.8 Å². The third-order valence-electron chi connectivity index (χ3n) is 3.63. The highest BCUT2D eigenvalue weighted by molar-refractivity contribution is 7.79. The molecule has 1 amide bonds. The number of thiol groups is 1. The number of carbonyl (C=O) groups is 1. The quantitative estimate of drug-likeness (QED) is 0.628. The first-order chi connectivity index (χ1) is 12.0. The van der Waals surface area contributed by atoms with Crippen LogP contribution >= 0.6 is 12.6 Å². The smallest absolute Gasteiger partial charge is 0.267 e. The van der Waals surface area contributed by atoms with Gasteiger partial charge in [0.1, 0.15) is 5.82 Å². The van der Waals surface area contributed by atoms with Gasteiger partial charge in [0.15, 0.2) is 5.56 Å². The summed E-state index contributed by atoms with van der Waals surface area (Å²) in [6, 6.07) is 6.96. The summed E-state index contributed by atoms with van der Waals surface area (Å²) >= 11 is 3.96. The van der Waals surface area contributed by atoms with Crippen LogP contribution in [0.1, 0.15) is 28.7 Å². The lowest BCUT2D eigenvalue weighted by atomic mass is 10.1. The molecule has 0 unspecified atom stereocenters. The molecule has 1 aliphatic rings. The highest BCUT2D eigenvalue weighted by atomic mass is 32.1. The summed E-state index contributed by atoms with van der Waals surface area (Å²) in [5.41, 5.74) is 2.08. The molecule has 9 heteroatoms. The number of aromatic nitrogens is 2. The number of H-pyrrole nitrogens is 1. The number of carbonyl (C=O) groups excluding carboxylic acids is 1. The van der Waals surface area contributed by atoms with Crippen molar-refractivity contribution in [1.82, 2.24) is 9.97 Å². The molecule has 0 atom stereocenters. The van der Waals surface area contributed by atoms with Crippen LogP contribution in [0.25, 0.3) is 5.70 Å². The van der Waals surface area contributed by atoms with E-state index in [4.69, 9.17) is 0 Å². The van der Waals surface area contributed by atoms with Crippen molar-refractivity contribution < 1.29 is 9.90 Å². The van der Waals surface area contributed by atoms with Gasteiger partial charge in [0.05, 0.1) is 12.2 Å². The van der Waals surface area contributed by atoms with Crippen molar-refractivity contribution in [1.29, 1.82) is 0 Å². The van der Waals surface area contributed by atoms with E-state index in [-0.39, 0.29) is 11.6 Å². The molecule has 0 saturated heterocycles. The Labute approximate surface area is 148 Å². The zero-order chi connectivity index (χ0) is 18.0. The molecule has 1 aliphatic heterocycles. The number of azo groups is 1. The van der Waals surface area contributed by atoms with Crippen LogP contribution < -0.4 is 10.9 Å². The summed E-state index contributed by atoms with van der Waals surface area (Å²) in [4.78, 5) is 30.3. The summed E-state index contributed by atoms with van der Waals surface area (Å²) in [5.74, 6) is -1.06. The van der Waals surface area contributed by atoms with Crippen LogP contribution in [0.4, 0.5) is 5.69 Å². The molecule has 0 aliphatic carbocycles. The predicted molar refractivity (Wildman–Crippen MR) is 95.9 cm³/mol. The molecule has 2 heterocycles. The van der Waals surface area contributed by atoms with E-state index in [2.05, 4.69) is 38.1 Å². The molecule has 1 aromatic carbocycles. The number of aromatic amines is 1. The Bertz CT molecular complexity index is 947. The lowest BCUT2D eigenvalue weighted by Gasteiger charge is -2.08. The fraction of sp³-hybridized carbons (Fsp3) is 0.188. The van der Waals surface area contributed by atoms with Crippen LogP contribution in [-0.4, -0.2) is 27.5 Å². The van der Waals surface area contributed by atoms with Crippen molar-refractivity contribution in [2.75, 3.05) is 11.9 Å². The van der Waals surface area contributed by atoms with Gasteiger partial charge in [0, 0.05) is 17.0 Å². The molecule has 128 valence electrons. The lowest BCUT2D eigenvalue weighted by Crippen LogP contribution is -2.25. The Morgan fingerprint density at radius 1 is 1.36 bits per heavy atom. The summed E-state index contributed by atoms with van der Waals surface area (Å²) < 4.78 is 0. The number of hydrogen-bond acceptors (Lipinski definition) is 7. The van der Waals surface area contributed by atoms with Crippen LogP contribution in [0.3, 0.4) is 0 Å². The summed E-state index contributed by atoms with van der Waals surface area (Å²) in [5, 5.41) is 20.4. The van der Waals surface area contributed by atoms with E-state index < -0.39 is 22.9 Å². The molecular weight excluding hydrogens is 342 g/mol. The summed E-state index contributed by atoms with van der Waals surface area (Å²) in [6.07, 6.45) is 0. The highest BCUT2D eigenvalue weighted by Gasteiger charge is 2.19. The Morgan fingerprint density at radius 3 is 2.64 bits per heavy atom. The normalized spacial score (nSPS) is 13.4. The minimum Gasteiger partial charge on any atom is -0.493 e. The molecule has 0 fully saturated rings. The number of aromatic hydroxyl groups is 1. The fourth-order valence-corrected chi connectivity index (χ4v) is 2.52. The molecule has 0 saturated carbocycles. The van der Waals surface area contributed by atoms with Gasteiger partial charge in [-0.15, -0.1) is 0 Å². The molecule has 1 aromatic heterocycles. The first kappa shape index (κ1) is 16.9. The van der Waals surface area contributed by atoms with Gasteiger partial charge in [0.2, 0.25) is 5.88 Å². The van der Waals surface area contributed by atoms with Crippen LogP contribution in [0.15, 0.2) is 44.9 Å². The molecule has 0 spiro atoms. The average Bonchev–Trinajstić information content (AvgIpc) is 3.01. The first-order valence-electron chi connectivity index (χ1n) is 7.41. The second kappa shape index (κ2) is 6.89. The predicted octanol–water partition coefficient (Wildman–Crippen LogP) is 2.35. The number of rotatable bonds is 4. The first-order valence-corrected chi connectivity index (χ1v) is 8.05. The van der Waals surface area contributed by atoms with E-state index in [1.54, 1.807) is 24.3 Å². The van der Waals surface area contributed by atoms with E-state index in [0.717, 1.165) is 16.8 Å². The van der Waals surface area contributed by atoms with E-state index in [9.17, 15) is 14.7 Å². The van der Waals surface area contributed by atoms with E-state index >= 15 is 0 Å². The van der Waals surface area contributed by atoms with Crippen molar-refractivity contribution in [2.24, 2.45) is 10.2 Å². The third kappa shape index (κ3) is 3.45. The number of nitrogens with zero attached hydrogens (tertiary/aromatic N) is 3. The maximum Gasteiger partial charge on any atom is 0.267 e. The molecule has 8 nitrogen and oxygen atoms in total. The van der Waals surface area contributed by atoms with Crippen molar-refractivity contribution in [3.8, 4) is 5.88 Å². The third-order valence-corrected chi connectivity index (χ3v) is 3.92. The number of hydrogen-bond donors (Lipinski definition) is 4. The van der Waals surface area contributed by atoms with E-state index in [1.807, 2.05) is 6.92 Å². The van der Waals surface area contributed by atoms with Gasteiger partial charge in [-0.3, -0.25) is 9.59 Å². The van der Waals surface area contributed by atoms with E-state index in [1.165, 1.54) is 0 Å². The Balaban J connectivity index is 1.81. The molecule has 0 radical (unpaired) electrons. The van der Waals surface area contributed by atoms with Crippen molar-refractivity contribution in [2.45, 2.75) is 12.7 Å². The van der Waals surface area contributed by atoms with Gasteiger partial charge >= 0.3 is 0 Å². The summed E-state index contributed by atoms with van der Waals surface area (Å²) in [6.45, 7) is 2.55. The molecular formula is C16H15N5O3S. The highest BCUT2D eigenvalue weighted by Crippen LogP contribution is 2.26. The second-order valence-electron chi connectivity index (χ2n) is 5.43. The maximum absolute atomic E-state index is 12.3. The van der Waals surface area contributed by atoms with Crippen LogP contribution in [0.5, 0.6) is 5.88 Å². The zero-order valence-electron chi connectivity index (χ0n) is 13.3. The minimum absolute atomic E-state index is 0.138. The SMILES string of the molecule is CC1=C(c2ccc(NC(=O)c3c(O)nc(CS)[nH]c3=O)cc2)N=NC1. The molecule has 3 rings (SSSR count). The Hall–Kier alpha value is -2.94. The molecule has 0 bridgehead atoms. The maximum atomic E-state index is 12.3. The number of amides is 1. The zero-order valence-corrected chi connectivity index (χ0v) is 14.2. The van der Waals surface area contributed by atoms with Crippen molar-refractivity contribution in [3.05, 3.63) is 57.1 Å². The van der Waals surface area contributed by atoms with Crippen molar-refractivity contribution in [3.63, 3.8) is 0 Å². The molecule has 25 heavy (non-hydrogen) atoms. The Morgan fingerprint density at radius 2 is 2.08 bits per heavy atom. The van der Waals surface area contributed by atoms with Gasteiger partial charge in [-0.1, -0.05) is 12.1 Å². The minimum atomic E-state index is -0.749. The van der Waals surface area contributed by atoms with Gasteiger partial charge < -0.3 is 15.4 Å². The van der Waals surface area contributed by atoms with E-state index in [0.29, 0.717) is 12.2 Å². The standard InChI is InChI=1S/C16H15N5O3S/c1-8-6-17-21-13(8)9-2-4-10(5-3-9)18-14(22)12-15(23)19-11(7-25)20-16(12)24/h2-5,25H,6-7H2,1H3,(H,18,22)(H2,19,20,23,24). The Kier molecular flexibility index (Phi) is 4.66. The number of nitrogens with one attached hydrogen (secondary N) is 2.